The molecule has 0 amide bonds. The van der Waals surface area contributed by atoms with Gasteiger partial charge in [0.05, 0.1) is 6.20 Å². The molecule has 0 aliphatic heterocycles. The van der Waals surface area contributed by atoms with Crippen LogP contribution in [0, 0.1) is 5.82 Å². The second-order valence-corrected chi connectivity index (χ2v) is 3.96. The van der Waals surface area contributed by atoms with Crippen LogP contribution in [-0.4, -0.2) is 12.2 Å². The van der Waals surface area contributed by atoms with Gasteiger partial charge in [0.15, 0.2) is 5.76 Å². The van der Waals surface area contributed by atoms with Crippen molar-refractivity contribution in [2.45, 2.75) is 19.6 Å². The predicted octanol–water partition coefficient (Wildman–Crippen LogP) is 2.67. The SMILES string of the molecule is CNC(C)c1cc(F)ccc1OCc1ccno1. The van der Waals surface area contributed by atoms with Gasteiger partial charge in [0.25, 0.3) is 0 Å². The fourth-order valence-corrected chi connectivity index (χ4v) is 1.61. The van der Waals surface area contributed by atoms with Crippen LogP contribution in [0.3, 0.4) is 0 Å². The van der Waals surface area contributed by atoms with Gasteiger partial charge in [0, 0.05) is 17.7 Å². The van der Waals surface area contributed by atoms with Gasteiger partial charge in [0.2, 0.25) is 0 Å². The molecule has 2 rings (SSSR count). The minimum atomic E-state index is -0.279. The Hall–Kier alpha value is -1.88. The third-order valence-corrected chi connectivity index (χ3v) is 2.73. The maximum absolute atomic E-state index is 13.2. The lowest BCUT2D eigenvalue weighted by Gasteiger charge is -2.16. The van der Waals surface area contributed by atoms with E-state index in [1.54, 1.807) is 18.3 Å². The number of aromatic nitrogens is 1. The van der Waals surface area contributed by atoms with Crippen LogP contribution >= 0.6 is 0 Å². The zero-order chi connectivity index (χ0) is 13.0. The number of halogens is 1. The average Bonchev–Trinajstić information content (AvgIpc) is 2.89. The molecule has 1 N–H and O–H groups in total. The molecular formula is C13H15FN2O2. The van der Waals surface area contributed by atoms with Crippen molar-refractivity contribution in [2.24, 2.45) is 0 Å². The molecule has 2 aromatic rings. The first kappa shape index (κ1) is 12.6. The number of ether oxygens (including phenoxy) is 1. The highest BCUT2D eigenvalue weighted by Crippen LogP contribution is 2.26. The van der Waals surface area contributed by atoms with Gasteiger partial charge in [-0.1, -0.05) is 5.16 Å². The molecule has 0 aliphatic carbocycles. The number of hydrogen-bond acceptors (Lipinski definition) is 4. The van der Waals surface area contributed by atoms with Crippen molar-refractivity contribution >= 4 is 0 Å². The molecule has 5 heteroatoms. The quantitative estimate of drug-likeness (QED) is 0.886. The maximum Gasteiger partial charge on any atom is 0.174 e. The van der Waals surface area contributed by atoms with E-state index in [-0.39, 0.29) is 18.5 Å². The van der Waals surface area contributed by atoms with Crippen molar-refractivity contribution < 1.29 is 13.7 Å². The minimum Gasteiger partial charge on any atom is -0.485 e. The Morgan fingerprint density at radius 2 is 2.28 bits per heavy atom. The van der Waals surface area contributed by atoms with Gasteiger partial charge >= 0.3 is 0 Å². The minimum absolute atomic E-state index is 0.00502. The van der Waals surface area contributed by atoms with E-state index in [4.69, 9.17) is 9.26 Å². The third kappa shape index (κ3) is 2.87. The molecule has 4 nitrogen and oxygen atoms in total. The fourth-order valence-electron chi connectivity index (χ4n) is 1.61. The Balaban J connectivity index is 2.16. The van der Waals surface area contributed by atoms with E-state index in [1.165, 1.54) is 12.1 Å². The normalized spacial score (nSPS) is 12.4. The molecule has 0 aliphatic rings. The largest absolute Gasteiger partial charge is 0.485 e. The van der Waals surface area contributed by atoms with Crippen LogP contribution in [0.5, 0.6) is 5.75 Å². The van der Waals surface area contributed by atoms with Gasteiger partial charge in [-0.25, -0.2) is 4.39 Å². The van der Waals surface area contributed by atoms with Crippen LogP contribution < -0.4 is 10.1 Å². The zero-order valence-electron chi connectivity index (χ0n) is 10.3. The van der Waals surface area contributed by atoms with Crippen LogP contribution in [0.2, 0.25) is 0 Å². The van der Waals surface area contributed by atoms with Crippen LogP contribution in [-0.2, 0) is 6.61 Å². The van der Waals surface area contributed by atoms with E-state index in [9.17, 15) is 4.39 Å². The van der Waals surface area contributed by atoms with Crippen LogP contribution in [0.4, 0.5) is 4.39 Å². The lowest BCUT2D eigenvalue weighted by molar-refractivity contribution is 0.245. The van der Waals surface area contributed by atoms with E-state index in [0.29, 0.717) is 11.5 Å². The van der Waals surface area contributed by atoms with Crippen LogP contribution in [0.1, 0.15) is 24.3 Å². The molecule has 0 saturated carbocycles. The number of benzene rings is 1. The molecule has 0 fully saturated rings. The number of nitrogens with zero attached hydrogens (tertiary/aromatic N) is 1. The third-order valence-electron chi connectivity index (χ3n) is 2.73. The Kier molecular flexibility index (Phi) is 3.94. The molecule has 0 spiro atoms. The number of nitrogens with one attached hydrogen (secondary N) is 1. The Bertz CT molecular complexity index is 500. The first-order valence-electron chi connectivity index (χ1n) is 5.69. The van der Waals surface area contributed by atoms with E-state index >= 15 is 0 Å². The van der Waals surface area contributed by atoms with Gasteiger partial charge in [-0.15, -0.1) is 0 Å². The van der Waals surface area contributed by atoms with Crippen molar-refractivity contribution in [3.05, 3.63) is 47.6 Å². The molecule has 1 heterocycles. The molecule has 1 unspecified atom stereocenters. The lowest BCUT2D eigenvalue weighted by atomic mass is 10.1. The molecular weight excluding hydrogens is 235 g/mol. The smallest absolute Gasteiger partial charge is 0.174 e. The molecule has 0 radical (unpaired) electrons. The predicted molar refractivity (Wildman–Crippen MR) is 64.7 cm³/mol. The van der Waals surface area contributed by atoms with E-state index < -0.39 is 0 Å². The van der Waals surface area contributed by atoms with Crippen molar-refractivity contribution in [3.8, 4) is 5.75 Å². The summed E-state index contributed by atoms with van der Waals surface area (Å²) in [7, 11) is 1.82. The summed E-state index contributed by atoms with van der Waals surface area (Å²) in [5.74, 6) is 0.983. The van der Waals surface area contributed by atoms with Gasteiger partial charge < -0.3 is 14.6 Å². The highest BCUT2D eigenvalue weighted by molar-refractivity contribution is 5.36. The van der Waals surface area contributed by atoms with Crippen molar-refractivity contribution in [3.63, 3.8) is 0 Å². The monoisotopic (exact) mass is 250 g/mol. The zero-order valence-corrected chi connectivity index (χ0v) is 10.3. The highest BCUT2D eigenvalue weighted by Gasteiger charge is 2.12. The number of rotatable bonds is 5. The Labute approximate surface area is 105 Å². The second kappa shape index (κ2) is 5.64. The highest BCUT2D eigenvalue weighted by atomic mass is 19.1. The molecule has 0 saturated heterocycles. The first-order valence-corrected chi connectivity index (χ1v) is 5.69. The summed E-state index contributed by atoms with van der Waals surface area (Å²) in [6.07, 6.45) is 1.56. The van der Waals surface area contributed by atoms with E-state index in [0.717, 1.165) is 5.56 Å². The van der Waals surface area contributed by atoms with Crippen molar-refractivity contribution in [1.82, 2.24) is 10.5 Å². The lowest BCUT2D eigenvalue weighted by Crippen LogP contribution is -2.14. The van der Waals surface area contributed by atoms with Gasteiger partial charge in [-0.2, -0.15) is 0 Å². The summed E-state index contributed by atoms with van der Waals surface area (Å²) in [4.78, 5) is 0. The summed E-state index contributed by atoms with van der Waals surface area (Å²) in [5, 5.41) is 6.65. The summed E-state index contributed by atoms with van der Waals surface area (Å²) in [6.45, 7) is 2.21. The van der Waals surface area contributed by atoms with Crippen LogP contribution in [0.15, 0.2) is 35.0 Å². The molecule has 0 bridgehead atoms. The molecule has 96 valence electrons. The Morgan fingerprint density at radius 1 is 1.44 bits per heavy atom. The summed E-state index contributed by atoms with van der Waals surface area (Å²) in [6, 6.07) is 6.20. The average molecular weight is 250 g/mol. The topological polar surface area (TPSA) is 47.3 Å². The number of hydrogen-bond donors (Lipinski definition) is 1. The summed E-state index contributed by atoms with van der Waals surface area (Å²) < 4.78 is 23.8. The molecule has 1 atom stereocenters. The summed E-state index contributed by atoms with van der Waals surface area (Å²) >= 11 is 0. The maximum atomic E-state index is 13.2. The second-order valence-electron chi connectivity index (χ2n) is 3.96. The van der Waals surface area contributed by atoms with E-state index in [2.05, 4.69) is 10.5 Å². The molecule has 1 aromatic heterocycles. The first-order chi connectivity index (χ1) is 8.70. The molecule has 1 aromatic carbocycles. The van der Waals surface area contributed by atoms with Crippen molar-refractivity contribution in [1.29, 1.82) is 0 Å². The van der Waals surface area contributed by atoms with E-state index in [1.807, 2.05) is 14.0 Å². The molecule has 18 heavy (non-hydrogen) atoms. The fraction of sp³-hybridized carbons (Fsp3) is 0.308. The van der Waals surface area contributed by atoms with Crippen LogP contribution in [0.25, 0.3) is 0 Å². The Morgan fingerprint density at radius 3 is 2.94 bits per heavy atom. The van der Waals surface area contributed by atoms with Crippen molar-refractivity contribution in [2.75, 3.05) is 7.05 Å². The van der Waals surface area contributed by atoms with Gasteiger partial charge in [0.1, 0.15) is 18.2 Å². The van der Waals surface area contributed by atoms with Gasteiger partial charge in [-0.3, -0.25) is 0 Å². The summed E-state index contributed by atoms with van der Waals surface area (Å²) in [5.41, 5.74) is 0.775. The standard InChI is InChI=1S/C13H15FN2O2/c1-9(15-2)12-7-10(14)3-4-13(12)17-8-11-5-6-16-18-11/h3-7,9,15H,8H2,1-2H3. The van der Waals surface area contributed by atoms with Gasteiger partial charge in [-0.05, 0) is 32.2 Å².